The van der Waals surface area contributed by atoms with E-state index in [1.54, 1.807) is 44.5 Å². The molecular formula is C19H16ClNO4. The lowest BCUT2D eigenvalue weighted by atomic mass is 10.1. The molecule has 0 aliphatic carbocycles. The van der Waals surface area contributed by atoms with E-state index in [0.29, 0.717) is 27.8 Å². The van der Waals surface area contributed by atoms with Crippen molar-refractivity contribution >= 4 is 28.5 Å². The van der Waals surface area contributed by atoms with Crippen molar-refractivity contribution in [2.45, 2.75) is 6.92 Å². The molecule has 0 N–H and O–H groups in total. The molecule has 0 bridgehead atoms. The molecule has 25 heavy (non-hydrogen) atoms. The Balaban J connectivity index is 2.07. The zero-order valence-corrected chi connectivity index (χ0v) is 14.5. The topological polar surface area (TPSA) is 57.7 Å². The first kappa shape index (κ1) is 17.0. The number of methoxy groups -OCH3 is 1. The normalized spacial score (nSPS) is 10.5. The van der Waals surface area contributed by atoms with Gasteiger partial charge in [0, 0.05) is 22.7 Å². The molecule has 128 valence electrons. The summed E-state index contributed by atoms with van der Waals surface area (Å²) in [6.45, 7) is 2.02. The van der Waals surface area contributed by atoms with Gasteiger partial charge in [-0.05, 0) is 43.3 Å². The van der Waals surface area contributed by atoms with Crippen molar-refractivity contribution in [3.63, 3.8) is 0 Å². The van der Waals surface area contributed by atoms with Crippen LogP contribution in [-0.2, 0) is 4.74 Å². The molecule has 0 saturated heterocycles. The number of carbonyl (C=O) groups is 1. The number of benzene rings is 2. The van der Waals surface area contributed by atoms with Gasteiger partial charge in [0.1, 0.15) is 22.8 Å². The highest BCUT2D eigenvalue weighted by molar-refractivity contribution is 6.30. The molecule has 6 heteroatoms. The maximum atomic E-state index is 12.2. The first-order valence-corrected chi connectivity index (χ1v) is 8.07. The lowest BCUT2D eigenvalue weighted by Gasteiger charge is -2.13. The molecule has 1 heterocycles. The summed E-state index contributed by atoms with van der Waals surface area (Å²) >= 11 is 6.07. The van der Waals surface area contributed by atoms with Gasteiger partial charge in [-0.3, -0.25) is 4.98 Å². The third kappa shape index (κ3) is 3.67. The van der Waals surface area contributed by atoms with E-state index in [-0.39, 0.29) is 6.61 Å². The molecule has 3 aromatic rings. The minimum atomic E-state index is -0.467. The minimum absolute atomic E-state index is 0.274. The number of fused-ring (bicyclic) bond motifs is 1. The molecular weight excluding hydrogens is 342 g/mol. The summed E-state index contributed by atoms with van der Waals surface area (Å²) in [5.41, 5.74) is 1.05. The standard InChI is InChI=1S/C19H16ClNO4/c1-3-24-19(22)14-6-4-12(20)10-18(14)25-17-8-9-21-16-7-5-13(23-2)11-15(16)17/h4-11H,3H2,1-2H3. The molecule has 0 radical (unpaired) electrons. The smallest absolute Gasteiger partial charge is 0.341 e. The summed E-state index contributed by atoms with van der Waals surface area (Å²) in [5.74, 6) is 1.07. The number of nitrogens with zero attached hydrogens (tertiary/aromatic N) is 1. The van der Waals surface area contributed by atoms with Gasteiger partial charge in [-0.25, -0.2) is 4.79 Å². The first-order valence-electron chi connectivity index (χ1n) is 7.69. The Morgan fingerprint density at radius 2 is 1.96 bits per heavy atom. The predicted octanol–water partition coefficient (Wildman–Crippen LogP) is 4.87. The Kier molecular flexibility index (Phi) is 5.05. The molecule has 0 unspecified atom stereocenters. The molecule has 5 nitrogen and oxygen atoms in total. The minimum Gasteiger partial charge on any atom is -0.497 e. The molecule has 1 aromatic heterocycles. The van der Waals surface area contributed by atoms with Crippen LogP contribution in [0.1, 0.15) is 17.3 Å². The number of rotatable bonds is 5. The zero-order valence-electron chi connectivity index (χ0n) is 13.8. The zero-order chi connectivity index (χ0) is 17.8. The summed E-state index contributed by atoms with van der Waals surface area (Å²) in [5, 5.41) is 1.22. The highest BCUT2D eigenvalue weighted by atomic mass is 35.5. The van der Waals surface area contributed by atoms with Crippen LogP contribution in [0.2, 0.25) is 5.02 Å². The third-order valence-corrected chi connectivity index (χ3v) is 3.80. The van der Waals surface area contributed by atoms with Crippen LogP contribution >= 0.6 is 11.6 Å². The molecule has 0 aliphatic heterocycles. The van der Waals surface area contributed by atoms with Crippen LogP contribution in [0.5, 0.6) is 17.2 Å². The van der Waals surface area contributed by atoms with Crippen molar-refractivity contribution in [1.29, 1.82) is 0 Å². The second-order valence-corrected chi connectivity index (χ2v) is 5.59. The summed E-state index contributed by atoms with van der Waals surface area (Å²) in [6, 6.07) is 12.0. The van der Waals surface area contributed by atoms with Gasteiger partial charge in [0.15, 0.2) is 0 Å². The van der Waals surface area contributed by atoms with E-state index < -0.39 is 5.97 Å². The summed E-state index contributed by atoms with van der Waals surface area (Å²) in [6.07, 6.45) is 1.64. The van der Waals surface area contributed by atoms with Gasteiger partial charge in [-0.2, -0.15) is 0 Å². The molecule has 0 amide bonds. The molecule has 0 spiro atoms. The Morgan fingerprint density at radius 1 is 1.12 bits per heavy atom. The highest BCUT2D eigenvalue weighted by Crippen LogP contribution is 2.34. The average Bonchev–Trinajstić information content (AvgIpc) is 2.62. The summed E-state index contributed by atoms with van der Waals surface area (Å²) < 4.78 is 16.3. The number of aromatic nitrogens is 1. The summed E-state index contributed by atoms with van der Waals surface area (Å²) in [7, 11) is 1.59. The molecule has 0 fully saturated rings. The van der Waals surface area contributed by atoms with Crippen molar-refractivity contribution in [2.24, 2.45) is 0 Å². The van der Waals surface area contributed by atoms with E-state index in [1.807, 2.05) is 18.2 Å². The Morgan fingerprint density at radius 3 is 2.72 bits per heavy atom. The number of hydrogen-bond acceptors (Lipinski definition) is 5. The average molecular weight is 358 g/mol. The largest absolute Gasteiger partial charge is 0.497 e. The molecule has 0 saturated carbocycles. The molecule has 3 rings (SSSR count). The van der Waals surface area contributed by atoms with Crippen molar-refractivity contribution in [3.8, 4) is 17.2 Å². The summed E-state index contributed by atoms with van der Waals surface area (Å²) in [4.78, 5) is 16.5. The monoisotopic (exact) mass is 357 g/mol. The van der Waals surface area contributed by atoms with Gasteiger partial charge in [-0.15, -0.1) is 0 Å². The van der Waals surface area contributed by atoms with E-state index >= 15 is 0 Å². The molecule has 2 aromatic carbocycles. The van der Waals surface area contributed by atoms with Crippen molar-refractivity contribution in [3.05, 3.63) is 59.2 Å². The van der Waals surface area contributed by atoms with Gasteiger partial charge >= 0.3 is 5.97 Å². The van der Waals surface area contributed by atoms with Crippen LogP contribution < -0.4 is 9.47 Å². The van der Waals surface area contributed by atoms with Crippen LogP contribution in [0.25, 0.3) is 10.9 Å². The van der Waals surface area contributed by atoms with Gasteiger partial charge in [0.25, 0.3) is 0 Å². The van der Waals surface area contributed by atoms with E-state index in [1.165, 1.54) is 0 Å². The first-order chi connectivity index (χ1) is 12.1. The fraction of sp³-hybridized carbons (Fsp3) is 0.158. The van der Waals surface area contributed by atoms with Crippen molar-refractivity contribution in [1.82, 2.24) is 4.98 Å². The number of pyridine rings is 1. The van der Waals surface area contributed by atoms with Gasteiger partial charge < -0.3 is 14.2 Å². The van der Waals surface area contributed by atoms with Crippen LogP contribution in [0.4, 0.5) is 0 Å². The van der Waals surface area contributed by atoms with Crippen LogP contribution in [-0.4, -0.2) is 24.7 Å². The number of carbonyl (C=O) groups excluding carboxylic acids is 1. The number of hydrogen-bond donors (Lipinski definition) is 0. The van der Waals surface area contributed by atoms with Gasteiger partial charge in [-0.1, -0.05) is 11.6 Å². The van der Waals surface area contributed by atoms with Crippen molar-refractivity contribution < 1.29 is 19.0 Å². The van der Waals surface area contributed by atoms with E-state index in [4.69, 9.17) is 25.8 Å². The fourth-order valence-corrected chi connectivity index (χ4v) is 2.55. The predicted molar refractivity (Wildman–Crippen MR) is 95.8 cm³/mol. The maximum absolute atomic E-state index is 12.2. The Labute approximate surface area is 150 Å². The van der Waals surface area contributed by atoms with Gasteiger partial charge in [0.2, 0.25) is 0 Å². The van der Waals surface area contributed by atoms with Crippen LogP contribution in [0, 0.1) is 0 Å². The fourth-order valence-electron chi connectivity index (χ4n) is 2.39. The lowest BCUT2D eigenvalue weighted by Crippen LogP contribution is -2.06. The van der Waals surface area contributed by atoms with Crippen LogP contribution in [0.15, 0.2) is 48.7 Å². The van der Waals surface area contributed by atoms with Crippen LogP contribution in [0.3, 0.4) is 0 Å². The third-order valence-electron chi connectivity index (χ3n) is 3.57. The highest BCUT2D eigenvalue weighted by Gasteiger charge is 2.16. The van der Waals surface area contributed by atoms with Crippen molar-refractivity contribution in [2.75, 3.05) is 13.7 Å². The number of halogens is 1. The molecule has 0 aliphatic rings. The van der Waals surface area contributed by atoms with E-state index in [0.717, 1.165) is 10.9 Å². The Hall–Kier alpha value is -2.79. The quantitative estimate of drug-likeness (QED) is 0.610. The SMILES string of the molecule is CCOC(=O)c1ccc(Cl)cc1Oc1ccnc2ccc(OC)cc12. The number of esters is 1. The Bertz CT molecular complexity index is 926. The second kappa shape index (κ2) is 7.40. The number of ether oxygens (including phenoxy) is 3. The lowest BCUT2D eigenvalue weighted by molar-refractivity contribution is 0.0523. The maximum Gasteiger partial charge on any atom is 0.341 e. The van der Waals surface area contributed by atoms with Gasteiger partial charge in [0.05, 0.1) is 19.2 Å². The second-order valence-electron chi connectivity index (χ2n) is 5.16. The molecule has 0 atom stereocenters. The van der Waals surface area contributed by atoms with E-state index in [2.05, 4.69) is 4.98 Å². The van der Waals surface area contributed by atoms with E-state index in [9.17, 15) is 4.79 Å².